The van der Waals surface area contributed by atoms with Crippen molar-refractivity contribution in [2.24, 2.45) is 0 Å². The molecule has 0 radical (unpaired) electrons. The van der Waals surface area contributed by atoms with Gasteiger partial charge in [-0.15, -0.1) is 0 Å². The molecule has 0 atom stereocenters. The van der Waals surface area contributed by atoms with Crippen LogP contribution in [0.3, 0.4) is 0 Å². The van der Waals surface area contributed by atoms with Crippen molar-refractivity contribution < 1.29 is 17.6 Å². The van der Waals surface area contributed by atoms with Crippen molar-refractivity contribution in [3.63, 3.8) is 0 Å². The average Bonchev–Trinajstić information content (AvgIpc) is 2.39. The SMILES string of the molecule is O=S(=O)(OOc1ccc(Cl)cc1Cl)c1ccccc1. The Morgan fingerprint density at radius 1 is 0.947 bits per heavy atom. The molecule has 0 N–H and O–H groups in total. The molecule has 0 aromatic heterocycles. The Balaban J connectivity index is 2.14. The third-order valence-electron chi connectivity index (χ3n) is 2.14. The fourth-order valence-corrected chi connectivity index (χ4v) is 2.42. The second-order valence-corrected chi connectivity index (χ2v) is 5.85. The van der Waals surface area contributed by atoms with Crippen LogP contribution in [-0.4, -0.2) is 8.42 Å². The van der Waals surface area contributed by atoms with Gasteiger partial charge in [0.05, 0.1) is 9.92 Å². The van der Waals surface area contributed by atoms with Crippen molar-refractivity contribution in [1.82, 2.24) is 0 Å². The molecule has 0 unspecified atom stereocenters. The van der Waals surface area contributed by atoms with E-state index in [0.29, 0.717) is 5.02 Å². The molecule has 2 aromatic carbocycles. The first-order chi connectivity index (χ1) is 8.99. The summed E-state index contributed by atoms with van der Waals surface area (Å²) in [6, 6.07) is 11.9. The Bertz CT molecular complexity index is 671. The van der Waals surface area contributed by atoms with Crippen LogP contribution in [0.15, 0.2) is 53.4 Å². The van der Waals surface area contributed by atoms with Crippen LogP contribution in [0.2, 0.25) is 10.0 Å². The number of halogens is 2. The molecule has 0 heterocycles. The smallest absolute Gasteiger partial charge is 0.319 e. The molecule has 0 aliphatic rings. The van der Waals surface area contributed by atoms with Crippen LogP contribution in [-0.2, 0) is 14.5 Å². The first-order valence-electron chi connectivity index (χ1n) is 5.10. The maximum Gasteiger partial charge on any atom is 0.332 e. The highest BCUT2D eigenvalue weighted by atomic mass is 35.5. The van der Waals surface area contributed by atoms with Gasteiger partial charge in [-0.3, -0.25) is 0 Å². The van der Waals surface area contributed by atoms with Gasteiger partial charge >= 0.3 is 10.1 Å². The van der Waals surface area contributed by atoms with Crippen molar-refractivity contribution in [3.8, 4) is 5.75 Å². The van der Waals surface area contributed by atoms with Crippen LogP contribution in [0.5, 0.6) is 5.75 Å². The average molecular weight is 319 g/mol. The minimum atomic E-state index is -4.00. The highest BCUT2D eigenvalue weighted by Crippen LogP contribution is 2.28. The molecular formula is C12H8Cl2O4S. The van der Waals surface area contributed by atoms with E-state index in [0.717, 1.165) is 0 Å². The summed E-state index contributed by atoms with van der Waals surface area (Å²) in [7, 11) is -4.00. The molecule has 100 valence electrons. The lowest BCUT2D eigenvalue weighted by Gasteiger charge is -2.06. The van der Waals surface area contributed by atoms with E-state index in [-0.39, 0.29) is 15.7 Å². The normalized spacial score (nSPS) is 11.3. The predicted molar refractivity (Wildman–Crippen MR) is 71.8 cm³/mol. The van der Waals surface area contributed by atoms with E-state index in [1.165, 1.54) is 30.3 Å². The minimum Gasteiger partial charge on any atom is -0.319 e. The minimum absolute atomic E-state index is 0.0138. The van der Waals surface area contributed by atoms with Gasteiger partial charge in [0, 0.05) is 5.02 Å². The number of hydrogen-bond acceptors (Lipinski definition) is 4. The van der Waals surface area contributed by atoms with E-state index in [1.807, 2.05) is 0 Å². The van der Waals surface area contributed by atoms with Crippen LogP contribution in [0.25, 0.3) is 0 Å². The summed E-state index contributed by atoms with van der Waals surface area (Å²) < 4.78 is 28.0. The molecule has 19 heavy (non-hydrogen) atoms. The lowest BCUT2D eigenvalue weighted by Crippen LogP contribution is -2.09. The number of benzene rings is 2. The maximum absolute atomic E-state index is 11.8. The van der Waals surface area contributed by atoms with Crippen LogP contribution in [0.4, 0.5) is 0 Å². The van der Waals surface area contributed by atoms with Gasteiger partial charge in [-0.25, -0.2) is 0 Å². The molecule has 7 heteroatoms. The Labute approximate surface area is 120 Å². The van der Waals surface area contributed by atoms with Crippen LogP contribution < -0.4 is 4.89 Å². The van der Waals surface area contributed by atoms with E-state index >= 15 is 0 Å². The van der Waals surface area contributed by atoms with Crippen molar-refractivity contribution in [3.05, 3.63) is 58.6 Å². The van der Waals surface area contributed by atoms with Gasteiger partial charge in [-0.2, -0.15) is 8.42 Å². The fourth-order valence-electron chi connectivity index (χ4n) is 1.25. The first-order valence-corrected chi connectivity index (χ1v) is 7.27. The maximum atomic E-state index is 11.8. The first kappa shape index (κ1) is 14.1. The summed E-state index contributed by atoms with van der Waals surface area (Å²) in [5, 5.41) is 0.555. The van der Waals surface area contributed by atoms with E-state index in [9.17, 15) is 8.42 Å². The Kier molecular flexibility index (Phi) is 4.31. The summed E-state index contributed by atoms with van der Waals surface area (Å²) >= 11 is 11.5. The fraction of sp³-hybridized carbons (Fsp3) is 0. The van der Waals surface area contributed by atoms with Crippen LogP contribution in [0, 0.1) is 0 Å². The summed E-state index contributed by atoms with van der Waals surface area (Å²) in [5.74, 6) is 0.0607. The van der Waals surface area contributed by atoms with Gasteiger partial charge in [-0.05, 0) is 30.3 Å². The summed E-state index contributed by atoms with van der Waals surface area (Å²) in [4.78, 5) is 4.72. The second-order valence-electron chi connectivity index (χ2n) is 3.49. The van der Waals surface area contributed by atoms with Crippen molar-refractivity contribution in [1.29, 1.82) is 0 Å². The van der Waals surface area contributed by atoms with Gasteiger partial charge in [0.15, 0.2) is 5.75 Å². The Morgan fingerprint density at radius 2 is 1.63 bits per heavy atom. The van der Waals surface area contributed by atoms with E-state index < -0.39 is 10.1 Å². The molecule has 0 saturated heterocycles. The zero-order valence-corrected chi connectivity index (χ0v) is 11.7. The molecule has 0 saturated carbocycles. The summed E-state index contributed by atoms with van der Waals surface area (Å²) in [5.41, 5.74) is 0. The van der Waals surface area contributed by atoms with E-state index in [2.05, 4.69) is 4.33 Å². The quantitative estimate of drug-likeness (QED) is 0.637. The molecule has 0 amide bonds. The standard InChI is InChI=1S/C12H8Cl2O4S/c13-9-6-7-12(11(14)8-9)17-18-19(15,16)10-4-2-1-3-5-10/h1-8H. The molecule has 0 aliphatic carbocycles. The molecule has 0 bridgehead atoms. The van der Waals surface area contributed by atoms with Crippen molar-refractivity contribution in [2.75, 3.05) is 0 Å². The molecule has 2 aromatic rings. The third-order valence-corrected chi connectivity index (χ3v) is 3.77. The second kappa shape index (κ2) is 5.79. The van der Waals surface area contributed by atoms with E-state index in [4.69, 9.17) is 28.1 Å². The molecule has 0 spiro atoms. The molecule has 0 aliphatic heterocycles. The third kappa shape index (κ3) is 3.61. The predicted octanol–water partition coefficient (Wildman–Crippen LogP) is 3.69. The van der Waals surface area contributed by atoms with Gasteiger partial charge in [0.25, 0.3) is 0 Å². The Morgan fingerprint density at radius 3 is 2.26 bits per heavy atom. The highest BCUT2D eigenvalue weighted by molar-refractivity contribution is 7.86. The number of rotatable bonds is 4. The van der Waals surface area contributed by atoms with Gasteiger partial charge < -0.3 is 4.89 Å². The Hall–Kier alpha value is -1.27. The van der Waals surface area contributed by atoms with E-state index in [1.54, 1.807) is 18.2 Å². The van der Waals surface area contributed by atoms with Crippen LogP contribution >= 0.6 is 23.2 Å². The molecule has 2 rings (SSSR count). The molecule has 0 fully saturated rings. The largest absolute Gasteiger partial charge is 0.332 e. The van der Waals surface area contributed by atoms with Gasteiger partial charge in [0.2, 0.25) is 0 Å². The topological polar surface area (TPSA) is 52.6 Å². The van der Waals surface area contributed by atoms with Crippen molar-refractivity contribution >= 4 is 33.3 Å². The number of hydrogen-bond donors (Lipinski definition) is 0. The monoisotopic (exact) mass is 318 g/mol. The summed E-state index contributed by atoms with van der Waals surface area (Å²) in [6.07, 6.45) is 0. The lowest BCUT2D eigenvalue weighted by molar-refractivity contribution is -0.0924. The zero-order valence-electron chi connectivity index (χ0n) is 9.42. The molecular weight excluding hydrogens is 311 g/mol. The zero-order chi connectivity index (χ0) is 13.9. The lowest BCUT2D eigenvalue weighted by atomic mass is 10.3. The highest BCUT2D eigenvalue weighted by Gasteiger charge is 2.17. The summed E-state index contributed by atoms with van der Waals surface area (Å²) in [6.45, 7) is 0. The van der Waals surface area contributed by atoms with Crippen LogP contribution in [0.1, 0.15) is 0 Å². The molecule has 4 nitrogen and oxygen atoms in total. The van der Waals surface area contributed by atoms with Gasteiger partial charge in [-0.1, -0.05) is 45.7 Å². The van der Waals surface area contributed by atoms with Gasteiger partial charge in [0.1, 0.15) is 0 Å². The van der Waals surface area contributed by atoms with Crippen molar-refractivity contribution in [2.45, 2.75) is 4.90 Å².